The predicted octanol–water partition coefficient (Wildman–Crippen LogP) is 6.36. The number of piperazine rings is 1. The summed E-state index contributed by atoms with van der Waals surface area (Å²) in [4.78, 5) is 67.8. The van der Waals surface area contributed by atoms with Gasteiger partial charge < -0.3 is 14.4 Å². The van der Waals surface area contributed by atoms with Crippen molar-refractivity contribution in [1.82, 2.24) is 25.0 Å². The highest BCUT2D eigenvalue weighted by Gasteiger charge is 2.65. The fraction of sp³-hybridized carbons (Fsp3) is 0.510. The molecule has 1 unspecified atom stereocenters. The molecule has 2 aromatic carbocycles. The van der Waals surface area contributed by atoms with Gasteiger partial charge in [0, 0.05) is 86.3 Å². The molecule has 1 atom stereocenters. The van der Waals surface area contributed by atoms with Gasteiger partial charge in [-0.05, 0) is 86.9 Å². The lowest BCUT2D eigenvalue weighted by Crippen LogP contribution is -2.74. The van der Waals surface area contributed by atoms with Crippen LogP contribution < -0.4 is 19.7 Å². The number of fused-ring (bicyclic) bond motifs is 2. The van der Waals surface area contributed by atoms with Gasteiger partial charge in [-0.2, -0.15) is 0 Å². The first kappa shape index (κ1) is 41.6. The summed E-state index contributed by atoms with van der Waals surface area (Å²) in [6.07, 6.45) is 4.56. The fourth-order valence-electron chi connectivity index (χ4n) is 11.7. The molecule has 4 aliphatic heterocycles. The fourth-order valence-corrected chi connectivity index (χ4v) is 11.7. The van der Waals surface area contributed by atoms with E-state index < -0.39 is 23.8 Å². The molecule has 4 amide bonds. The number of aromatic nitrogens is 1. The normalized spacial score (nSPS) is 26.7. The lowest BCUT2D eigenvalue weighted by Gasteiger charge is -2.65. The molecule has 9 rings (SSSR count). The zero-order chi connectivity index (χ0) is 43.5. The minimum Gasteiger partial charge on any atom is -0.505 e. The van der Waals surface area contributed by atoms with Crippen molar-refractivity contribution in [1.29, 1.82) is 0 Å². The van der Waals surface area contributed by atoms with Crippen molar-refractivity contribution in [3.8, 4) is 23.3 Å². The molecule has 322 valence electrons. The highest BCUT2D eigenvalue weighted by molar-refractivity contribution is 6.23. The van der Waals surface area contributed by atoms with Gasteiger partial charge in [-0.1, -0.05) is 39.7 Å². The zero-order valence-corrected chi connectivity index (χ0v) is 36.3. The highest BCUT2D eigenvalue weighted by Crippen LogP contribution is 2.59. The molecule has 1 N–H and O–H groups in total. The van der Waals surface area contributed by atoms with Crippen LogP contribution in [0.1, 0.15) is 111 Å². The Balaban J connectivity index is 0.757. The van der Waals surface area contributed by atoms with Gasteiger partial charge >= 0.3 is 0 Å². The van der Waals surface area contributed by atoms with Crippen LogP contribution in [-0.2, 0) is 22.7 Å². The van der Waals surface area contributed by atoms with Crippen molar-refractivity contribution in [2.24, 2.45) is 16.7 Å². The number of anilines is 1. The molecule has 2 saturated heterocycles. The second kappa shape index (κ2) is 16.2. The van der Waals surface area contributed by atoms with Gasteiger partial charge in [0.05, 0.1) is 30.0 Å². The minimum atomic E-state index is -0.968. The molecular formula is C49H55N7O6. The number of hydrogen-bond acceptors (Lipinski definition) is 10. The lowest BCUT2D eigenvalue weighted by molar-refractivity contribution is -0.211. The lowest BCUT2D eigenvalue weighted by atomic mass is 9.49. The van der Waals surface area contributed by atoms with Crippen molar-refractivity contribution in [3.63, 3.8) is 0 Å². The van der Waals surface area contributed by atoms with Crippen LogP contribution in [0, 0.1) is 35.2 Å². The number of ether oxygens (including phenoxy) is 2. The SMILES string of the molecule is [C-]#[N+]c1ccc(OC2C(C)(C)C(N3Cc4ccc(C#CC5CCC(N6CCN(c7ccc8c(c7)C(=O)N(C7CCC(=O)NC7=O)C8=O)CC6)CC5)nc4C3)C2(C)C)cc1OCC. The first-order chi connectivity index (χ1) is 29.8. The van der Waals surface area contributed by atoms with Crippen LogP contribution in [0.4, 0.5) is 11.4 Å². The van der Waals surface area contributed by atoms with E-state index in [9.17, 15) is 19.2 Å². The van der Waals surface area contributed by atoms with Crippen molar-refractivity contribution >= 4 is 35.0 Å². The number of amides is 4. The number of carbonyl (C=O) groups excluding carboxylic acids is 4. The first-order valence-corrected chi connectivity index (χ1v) is 22.2. The van der Waals surface area contributed by atoms with Crippen LogP contribution in [0.5, 0.6) is 11.5 Å². The molecular weight excluding hydrogens is 783 g/mol. The van der Waals surface area contributed by atoms with E-state index in [1.54, 1.807) is 18.2 Å². The number of nitrogens with one attached hydrogen (secondary N) is 1. The van der Waals surface area contributed by atoms with Crippen LogP contribution in [-0.4, -0.2) is 100 Å². The molecule has 5 heterocycles. The van der Waals surface area contributed by atoms with Crippen LogP contribution in [0.3, 0.4) is 0 Å². The molecule has 13 nitrogen and oxygen atoms in total. The predicted molar refractivity (Wildman–Crippen MR) is 233 cm³/mol. The number of nitrogens with zero attached hydrogens (tertiary/aromatic N) is 6. The molecule has 0 bridgehead atoms. The number of pyridine rings is 1. The number of rotatable bonds is 8. The summed E-state index contributed by atoms with van der Waals surface area (Å²) < 4.78 is 12.4. The number of piperidine rings is 1. The van der Waals surface area contributed by atoms with Crippen LogP contribution >= 0.6 is 0 Å². The minimum absolute atomic E-state index is 0.0217. The van der Waals surface area contributed by atoms with Gasteiger partial charge in [0.25, 0.3) is 11.8 Å². The van der Waals surface area contributed by atoms with Crippen molar-refractivity contribution in [2.75, 3.05) is 37.7 Å². The second-order valence-corrected chi connectivity index (χ2v) is 18.9. The summed E-state index contributed by atoms with van der Waals surface area (Å²) in [5.74, 6) is 6.72. The molecule has 6 aliphatic rings. The molecule has 1 aromatic heterocycles. The summed E-state index contributed by atoms with van der Waals surface area (Å²) in [6, 6.07) is 15.0. The van der Waals surface area contributed by atoms with E-state index in [2.05, 4.69) is 76.5 Å². The van der Waals surface area contributed by atoms with Gasteiger partial charge in [0.1, 0.15) is 29.3 Å². The third kappa shape index (κ3) is 7.39. The molecule has 2 saturated carbocycles. The van der Waals surface area contributed by atoms with Gasteiger partial charge in [-0.15, -0.1) is 0 Å². The highest BCUT2D eigenvalue weighted by atomic mass is 16.5. The molecule has 0 radical (unpaired) electrons. The summed E-state index contributed by atoms with van der Waals surface area (Å²) in [7, 11) is 0. The Morgan fingerprint density at radius 1 is 0.855 bits per heavy atom. The molecule has 62 heavy (non-hydrogen) atoms. The Bertz CT molecular complexity index is 2410. The van der Waals surface area contributed by atoms with Gasteiger partial charge in [-0.25, -0.2) is 9.83 Å². The average Bonchev–Trinajstić information content (AvgIpc) is 3.78. The molecule has 0 spiro atoms. The van der Waals surface area contributed by atoms with Gasteiger partial charge in [0.15, 0.2) is 0 Å². The first-order valence-electron chi connectivity index (χ1n) is 22.2. The summed E-state index contributed by atoms with van der Waals surface area (Å²) >= 11 is 0. The maximum Gasteiger partial charge on any atom is 0.262 e. The summed E-state index contributed by atoms with van der Waals surface area (Å²) in [5.41, 5.74) is 4.98. The van der Waals surface area contributed by atoms with Crippen molar-refractivity contribution in [3.05, 3.63) is 88.0 Å². The maximum atomic E-state index is 13.4. The Morgan fingerprint density at radius 3 is 2.31 bits per heavy atom. The second-order valence-electron chi connectivity index (χ2n) is 18.9. The van der Waals surface area contributed by atoms with Gasteiger partial charge in [0.2, 0.25) is 17.5 Å². The Kier molecular flexibility index (Phi) is 10.8. The van der Waals surface area contributed by atoms with E-state index in [0.29, 0.717) is 41.1 Å². The van der Waals surface area contributed by atoms with E-state index >= 15 is 0 Å². The summed E-state index contributed by atoms with van der Waals surface area (Å²) in [6.45, 7) is 24.2. The monoisotopic (exact) mass is 837 g/mol. The topological polar surface area (TPSA) is 129 Å². The molecule has 2 aliphatic carbocycles. The Labute approximate surface area is 363 Å². The largest absolute Gasteiger partial charge is 0.505 e. The molecule has 13 heteroatoms. The van der Waals surface area contributed by atoms with E-state index in [4.69, 9.17) is 21.0 Å². The Hall–Kier alpha value is -5.76. The van der Waals surface area contributed by atoms with E-state index in [0.717, 1.165) is 92.7 Å². The van der Waals surface area contributed by atoms with Crippen LogP contribution in [0.15, 0.2) is 48.5 Å². The van der Waals surface area contributed by atoms with Crippen LogP contribution in [0.25, 0.3) is 4.85 Å². The quantitative estimate of drug-likeness (QED) is 0.156. The van der Waals surface area contributed by atoms with E-state index in [1.807, 2.05) is 25.1 Å². The third-order valence-corrected chi connectivity index (χ3v) is 14.2. The van der Waals surface area contributed by atoms with Crippen molar-refractivity contribution in [2.45, 2.75) is 110 Å². The molecule has 4 fully saturated rings. The van der Waals surface area contributed by atoms with E-state index in [-0.39, 0.29) is 41.7 Å². The smallest absolute Gasteiger partial charge is 0.262 e. The number of carbonyl (C=O) groups is 4. The third-order valence-electron chi connectivity index (χ3n) is 14.2. The van der Waals surface area contributed by atoms with E-state index in [1.165, 1.54) is 5.56 Å². The number of hydrogen-bond donors (Lipinski definition) is 1. The number of imide groups is 2. The number of benzene rings is 2. The van der Waals surface area contributed by atoms with Crippen molar-refractivity contribution < 1.29 is 28.7 Å². The molecule has 3 aromatic rings. The summed E-state index contributed by atoms with van der Waals surface area (Å²) in [5, 5.41) is 2.26. The Morgan fingerprint density at radius 2 is 1.60 bits per heavy atom. The van der Waals surface area contributed by atoms with Crippen LogP contribution in [0.2, 0.25) is 0 Å². The maximum absolute atomic E-state index is 13.4. The zero-order valence-electron chi connectivity index (χ0n) is 36.3. The van der Waals surface area contributed by atoms with Gasteiger partial charge in [-0.3, -0.25) is 39.2 Å². The standard InChI is InChI=1S/C49H55N7O6/c1-7-61-41-27-35(17-19-38(41)50-6)62-47-48(2,3)46(49(47,4)5)55-28-31-11-13-32(51-39(31)29-55)12-8-30-9-14-33(15-10-30)53-22-24-54(25-23-53)34-16-18-36-37(26-34)45(60)56(44(36)59)40-20-21-42(57)52-43(40)58/h11,13,16-19,26-27,30,33,40,46-47H,7,9-10,14-15,20-25,28-29H2,1-5H3,(H,52,57,58). The average molecular weight is 838 g/mol.